The molecule has 0 aliphatic heterocycles. The van der Waals surface area contributed by atoms with Crippen molar-refractivity contribution in [3.8, 4) is 0 Å². The van der Waals surface area contributed by atoms with E-state index in [-0.39, 0.29) is 0 Å². The Morgan fingerprint density at radius 1 is 1.35 bits per heavy atom. The Balaban J connectivity index is 1.77. The summed E-state index contributed by atoms with van der Waals surface area (Å²) in [6.45, 7) is 5.76. The molecule has 1 N–H and O–H groups in total. The van der Waals surface area contributed by atoms with Crippen LogP contribution < -0.4 is 5.32 Å². The standard InChI is InChI=1S/C14H17N5S/c1-3-5-19-9-11(8-16-19)7-15-14-13-12(4-6-20-13)17-10(2)18-14/h4,6,8-9H,3,5,7H2,1-2H3,(H,15,17,18). The van der Waals surface area contributed by atoms with E-state index in [1.807, 2.05) is 29.2 Å². The summed E-state index contributed by atoms with van der Waals surface area (Å²) in [5.74, 6) is 1.70. The zero-order chi connectivity index (χ0) is 13.9. The number of thiophene rings is 1. The lowest BCUT2D eigenvalue weighted by molar-refractivity contribution is 0.602. The quantitative estimate of drug-likeness (QED) is 0.783. The highest BCUT2D eigenvalue weighted by atomic mass is 32.1. The molecule has 0 amide bonds. The average Bonchev–Trinajstić information content (AvgIpc) is 3.05. The number of anilines is 1. The fourth-order valence-corrected chi connectivity index (χ4v) is 2.93. The summed E-state index contributed by atoms with van der Waals surface area (Å²) in [7, 11) is 0. The first-order valence-corrected chi connectivity index (χ1v) is 7.61. The van der Waals surface area contributed by atoms with E-state index in [2.05, 4.69) is 33.5 Å². The molecule has 0 aromatic carbocycles. The largest absolute Gasteiger partial charge is 0.365 e. The molecule has 0 radical (unpaired) electrons. The Bertz CT molecular complexity index is 715. The van der Waals surface area contributed by atoms with Gasteiger partial charge in [0, 0.05) is 24.8 Å². The minimum atomic E-state index is 0.729. The van der Waals surface area contributed by atoms with E-state index < -0.39 is 0 Å². The fourth-order valence-electron chi connectivity index (χ4n) is 2.13. The lowest BCUT2D eigenvalue weighted by Crippen LogP contribution is -2.03. The van der Waals surface area contributed by atoms with Gasteiger partial charge in [0.15, 0.2) is 0 Å². The molecule has 0 spiro atoms. The summed E-state index contributed by atoms with van der Waals surface area (Å²) in [6.07, 6.45) is 5.08. The van der Waals surface area contributed by atoms with Crippen LogP contribution in [-0.4, -0.2) is 19.7 Å². The van der Waals surface area contributed by atoms with E-state index >= 15 is 0 Å². The maximum absolute atomic E-state index is 4.49. The van der Waals surface area contributed by atoms with E-state index in [0.717, 1.165) is 41.4 Å². The third-order valence-electron chi connectivity index (χ3n) is 3.01. The van der Waals surface area contributed by atoms with Crippen molar-refractivity contribution >= 4 is 27.4 Å². The normalized spacial score (nSPS) is 11.1. The van der Waals surface area contributed by atoms with E-state index in [1.165, 1.54) is 5.56 Å². The predicted octanol–water partition coefficient (Wildman–Crippen LogP) is 3.22. The number of hydrogen-bond acceptors (Lipinski definition) is 5. The van der Waals surface area contributed by atoms with Crippen LogP contribution in [-0.2, 0) is 13.1 Å². The Kier molecular flexibility index (Phi) is 3.64. The second kappa shape index (κ2) is 5.58. The highest BCUT2D eigenvalue weighted by Crippen LogP contribution is 2.26. The van der Waals surface area contributed by atoms with Crippen LogP contribution in [0.1, 0.15) is 24.7 Å². The molecule has 0 fully saturated rings. The van der Waals surface area contributed by atoms with Crippen LogP contribution in [0.4, 0.5) is 5.82 Å². The number of fused-ring (bicyclic) bond motifs is 1. The summed E-state index contributed by atoms with van der Waals surface area (Å²) >= 11 is 1.66. The molecule has 0 aliphatic carbocycles. The van der Waals surface area contributed by atoms with Gasteiger partial charge in [0.2, 0.25) is 0 Å². The summed E-state index contributed by atoms with van der Waals surface area (Å²) < 4.78 is 3.08. The van der Waals surface area contributed by atoms with Crippen molar-refractivity contribution in [1.29, 1.82) is 0 Å². The second-order valence-electron chi connectivity index (χ2n) is 4.72. The zero-order valence-corrected chi connectivity index (χ0v) is 12.4. The smallest absolute Gasteiger partial charge is 0.148 e. The highest BCUT2D eigenvalue weighted by molar-refractivity contribution is 7.17. The van der Waals surface area contributed by atoms with E-state index in [0.29, 0.717) is 0 Å². The summed E-state index contributed by atoms with van der Waals surface area (Å²) in [6, 6.07) is 2.03. The number of hydrogen-bond donors (Lipinski definition) is 1. The van der Waals surface area contributed by atoms with Gasteiger partial charge < -0.3 is 5.32 Å². The van der Waals surface area contributed by atoms with Gasteiger partial charge in [0.05, 0.1) is 16.4 Å². The molecule has 104 valence electrons. The Morgan fingerprint density at radius 3 is 3.10 bits per heavy atom. The zero-order valence-electron chi connectivity index (χ0n) is 11.6. The number of rotatable bonds is 5. The molecular weight excluding hydrogens is 270 g/mol. The van der Waals surface area contributed by atoms with Crippen molar-refractivity contribution < 1.29 is 0 Å². The second-order valence-corrected chi connectivity index (χ2v) is 5.64. The topological polar surface area (TPSA) is 55.6 Å². The first-order valence-electron chi connectivity index (χ1n) is 6.73. The number of nitrogens with zero attached hydrogens (tertiary/aromatic N) is 4. The Morgan fingerprint density at radius 2 is 2.25 bits per heavy atom. The molecule has 0 unspecified atom stereocenters. The molecule has 0 aliphatic rings. The van der Waals surface area contributed by atoms with Gasteiger partial charge in [-0.15, -0.1) is 11.3 Å². The van der Waals surface area contributed by atoms with E-state index in [9.17, 15) is 0 Å². The molecule has 3 rings (SSSR count). The van der Waals surface area contributed by atoms with E-state index in [4.69, 9.17) is 0 Å². The van der Waals surface area contributed by atoms with Crippen molar-refractivity contribution in [3.05, 3.63) is 35.2 Å². The van der Waals surface area contributed by atoms with Gasteiger partial charge in [-0.2, -0.15) is 5.10 Å². The van der Waals surface area contributed by atoms with E-state index in [1.54, 1.807) is 11.3 Å². The third-order valence-corrected chi connectivity index (χ3v) is 3.93. The molecule has 0 bridgehead atoms. The number of aromatic nitrogens is 4. The van der Waals surface area contributed by atoms with Gasteiger partial charge in [0.1, 0.15) is 11.6 Å². The third kappa shape index (κ3) is 2.65. The van der Waals surface area contributed by atoms with Gasteiger partial charge in [-0.25, -0.2) is 9.97 Å². The van der Waals surface area contributed by atoms with Gasteiger partial charge in [0.25, 0.3) is 0 Å². The maximum atomic E-state index is 4.49. The van der Waals surface area contributed by atoms with Crippen molar-refractivity contribution in [3.63, 3.8) is 0 Å². The van der Waals surface area contributed by atoms with Gasteiger partial charge in [-0.05, 0) is 24.8 Å². The minimum absolute atomic E-state index is 0.729. The minimum Gasteiger partial charge on any atom is -0.365 e. The molecule has 3 aromatic rings. The summed E-state index contributed by atoms with van der Waals surface area (Å²) in [5, 5.41) is 9.77. The Hall–Kier alpha value is -1.95. The first kappa shape index (κ1) is 13.1. The molecule has 6 heteroatoms. The van der Waals surface area contributed by atoms with Crippen LogP contribution in [0.25, 0.3) is 10.2 Å². The van der Waals surface area contributed by atoms with Crippen molar-refractivity contribution in [1.82, 2.24) is 19.7 Å². The molecule has 3 heterocycles. The fraction of sp³-hybridized carbons (Fsp3) is 0.357. The molecule has 0 atom stereocenters. The first-order chi connectivity index (χ1) is 9.76. The summed E-state index contributed by atoms with van der Waals surface area (Å²) in [5.41, 5.74) is 2.17. The van der Waals surface area contributed by atoms with Crippen LogP contribution in [0, 0.1) is 6.92 Å². The monoisotopic (exact) mass is 287 g/mol. The number of aryl methyl sites for hydroxylation is 2. The lowest BCUT2D eigenvalue weighted by Gasteiger charge is -2.06. The molecule has 3 aromatic heterocycles. The summed E-state index contributed by atoms with van der Waals surface area (Å²) in [4.78, 5) is 8.92. The molecular formula is C14H17N5S. The predicted molar refractivity (Wildman–Crippen MR) is 82.0 cm³/mol. The average molecular weight is 287 g/mol. The van der Waals surface area contributed by atoms with Crippen molar-refractivity contribution in [2.75, 3.05) is 5.32 Å². The maximum Gasteiger partial charge on any atom is 0.148 e. The Labute approximate surface area is 121 Å². The van der Waals surface area contributed by atoms with Crippen LogP contribution in [0.2, 0.25) is 0 Å². The molecule has 0 saturated heterocycles. The molecule has 5 nitrogen and oxygen atoms in total. The highest BCUT2D eigenvalue weighted by Gasteiger charge is 2.07. The number of nitrogens with one attached hydrogen (secondary N) is 1. The van der Waals surface area contributed by atoms with Gasteiger partial charge in [-0.1, -0.05) is 6.92 Å². The van der Waals surface area contributed by atoms with Gasteiger partial charge in [-0.3, -0.25) is 4.68 Å². The molecule has 0 saturated carbocycles. The SMILES string of the molecule is CCCn1cc(CNc2nc(C)nc3ccsc23)cn1. The van der Waals surface area contributed by atoms with Crippen LogP contribution in [0.5, 0.6) is 0 Å². The van der Waals surface area contributed by atoms with Crippen LogP contribution in [0.15, 0.2) is 23.8 Å². The van der Waals surface area contributed by atoms with Crippen molar-refractivity contribution in [2.45, 2.75) is 33.4 Å². The van der Waals surface area contributed by atoms with Crippen LogP contribution >= 0.6 is 11.3 Å². The van der Waals surface area contributed by atoms with Gasteiger partial charge >= 0.3 is 0 Å². The van der Waals surface area contributed by atoms with Crippen LogP contribution in [0.3, 0.4) is 0 Å². The van der Waals surface area contributed by atoms with Crippen molar-refractivity contribution in [2.24, 2.45) is 0 Å². The molecule has 20 heavy (non-hydrogen) atoms. The lowest BCUT2D eigenvalue weighted by atomic mass is 10.3.